The Kier molecular flexibility index (Phi) is 5.55. The van der Waals surface area contributed by atoms with Crippen molar-refractivity contribution >= 4 is 17.5 Å². The van der Waals surface area contributed by atoms with Crippen molar-refractivity contribution in [2.75, 3.05) is 6.54 Å². The van der Waals surface area contributed by atoms with Gasteiger partial charge in [0.1, 0.15) is 0 Å². The average molecular weight is 252 g/mol. The SMILES string of the molecule is CC(=O)NCCC#Cc1ccc(Cl)c(CO)c1. The van der Waals surface area contributed by atoms with E-state index in [1.807, 2.05) is 0 Å². The Morgan fingerprint density at radius 2 is 2.29 bits per heavy atom. The summed E-state index contributed by atoms with van der Waals surface area (Å²) in [6.45, 7) is 1.92. The number of hydrogen-bond acceptors (Lipinski definition) is 2. The quantitative estimate of drug-likeness (QED) is 0.635. The van der Waals surface area contributed by atoms with Gasteiger partial charge < -0.3 is 10.4 Å². The molecule has 0 radical (unpaired) electrons. The van der Waals surface area contributed by atoms with Crippen LogP contribution in [0.2, 0.25) is 5.02 Å². The predicted octanol–water partition coefficient (Wildman–Crippen LogP) is 1.71. The molecule has 0 aromatic heterocycles. The summed E-state index contributed by atoms with van der Waals surface area (Å²) in [5.41, 5.74) is 1.47. The summed E-state index contributed by atoms with van der Waals surface area (Å²) in [5, 5.41) is 12.2. The van der Waals surface area contributed by atoms with E-state index in [9.17, 15) is 4.79 Å². The summed E-state index contributed by atoms with van der Waals surface area (Å²) in [7, 11) is 0. The molecule has 0 spiro atoms. The Hall–Kier alpha value is -1.50. The zero-order valence-corrected chi connectivity index (χ0v) is 10.3. The highest BCUT2D eigenvalue weighted by atomic mass is 35.5. The van der Waals surface area contributed by atoms with Gasteiger partial charge in [-0.2, -0.15) is 0 Å². The molecule has 0 fully saturated rings. The van der Waals surface area contributed by atoms with Crippen molar-refractivity contribution in [2.45, 2.75) is 20.0 Å². The van der Waals surface area contributed by atoms with Crippen LogP contribution in [-0.2, 0) is 11.4 Å². The summed E-state index contributed by atoms with van der Waals surface area (Å²) < 4.78 is 0. The number of rotatable bonds is 3. The molecule has 1 amide bonds. The fourth-order valence-corrected chi connectivity index (χ4v) is 1.42. The van der Waals surface area contributed by atoms with Crippen LogP contribution in [0, 0.1) is 11.8 Å². The highest BCUT2D eigenvalue weighted by molar-refractivity contribution is 6.31. The van der Waals surface area contributed by atoms with Crippen molar-refractivity contribution in [1.82, 2.24) is 5.32 Å². The van der Waals surface area contributed by atoms with Crippen LogP contribution in [0.15, 0.2) is 18.2 Å². The first-order chi connectivity index (χ1) is 8.13. The summed E-state index contributed by atoms with van der Waals surface area (Å²) in [6, 6.07) is 5.27. The Morgan fingerprint density at radius 3 is 2.94 bits per heavy atom. The molecule has 0 heterocycles. The van der Waals surface area contributed by atoms with Gasteiger partial charge in [0.05, 0.1) is 6.61 Å². The minimum absolute atomic E-state index is 0.0548. The third-order valence-electron chi connectivity index (χ3n) is 2.07. The molecule has 0 unspecified atom stereocenters. The van der Waals surface area contributed by atoms with Crippen LogP contribution in [-0.4, -0.2) is 17.6 Å². The minimum atomic E-state index is -0.0970. The molecule has 4 heteroatoms. The summed E-state index contributed by atoms with van der Waals surface area (Å²) in [4.78, 5) is 10.6. The number of hydrogen-bond donors (Lipinski definition) is 2. The molecular formula is C13H14ClNO2. The molecule has 0 saturated heterocycles. The van der Waals surface area contributed by atoms with Gasteiger partial charge in [-0.3, -0.25) is 4.79 Å². The van der Waals surface area contributed by atoms with Crippen molar-refractivity contribution in [2.24, 2.45) is 0 Å². The average Bonchev–Trinajstić information content (AvgIpc) is 2.30. The zero-order valence-electron chi connectivity index (χ0n) is 9.59. The fraction of sp³-hybridized carbons (Fsp3) is 0.308. The van der Waals surface area contributed by atoms with Crippen LogP contribution in [0.3, 0.4) is 0 Å². The van der Waals surface area contributed by atoms with Gasteiger partial charge in [-0.25, -0.2) is 0 Å². The van der Waals surface area contributed by atoms with Crippen LogP contribution in [0.4, 0.5) is 0 Å². The Morgan fingerprint density at radius 1 is 1.53 bits per heavy atom. The van der Waals surface area contributed by atoms with E-state index < -0.39 is 0 Å². The summed E-state index contributed by atoms with van der Waals surface area (Å²) in [6.07, 6.45) is 0.594. The van der Waals surface area contributed by atoms with Gasteiger partial charge in [0.15, 0.2) is 0 Å². The molecule has 0 aliphatic carbocycles. The zero-order chi connectivity index (χ0) is 12.7. The molecule has 0 aliphatic heterocycles. The number of carbonyl (C=O) groups is 1. The maximum atomic E-state index is 10.6. The van der Waals surface area contributed by atoms with Crippen LogP contribution in [0.25, 0.3) is 0 Å². The summed E-state index contributed by atoms with van der Waals surface area (Å²) >= 11 is 5.86. The number of benzene rings is 1. The largest absolute Gasteiger partial charge is 0.392 e. The highest BCUT2D eigenvalue weighted by Gasteiger charge is 1.98. The molecule has 0 atom stereocenters. The van der Waals surface area contributed by atoms with Crippen LogP contribution < -0.4 is 5.32 Å². The van der Waals surface area contributed by atoms with Gasteiger partial charge in [-0.15, -0.1) is 0 Å². The highest BCUT2D eigenvalue weighted by Crippen LogP contribution is 2.16. The van der Waals surface area contributed by atoms with Crippen molar-refractivity contribution in [1.29, 1.82) is 0 Å². The molecule has 1 rings (SSSR count). The standard InChI is InChI=1S/C13H14ClNO2/c1-10(17)15-7-3-2-4-11-5-6-13(14)12(8-11)9-16/h5-6,8,16H,3,7,9H2,1H3,(H,15,17). The third kappa shape index (κ3) is 4.90. The topological polar surface area (TPSA) is 49.3 Å². The van der Waals surface area contributed by atoms with E-state index in [2.05, 4.69) is 17.2 Å². The fourth-order valence-electron chi connectivity index (χ4n) is 1.24. The lowest BCUT2D eigenvalue weighted by atomic mass is 10.1. The van der Waals surface area contributed by atoms with Crippen molar-refractivity contribution in [3.05, 3.63) is 34.3 Å². The van der Waals surface area contributed by atoms with Gasteiger partial charge in [0.25, 0.3) is 0 Å². The molecule has 0 aliphatic rings. The van der Waals surface area contributed by atoms with Crippen LogP contribution in [0.1, 0.15) is 24.5 Å². The third-order valence-corrected chi connectivity index (χ3v) is 2.44. The molecule has 1 aromatic carbocycles. The molecule has 17 heavy (non-hydrogen) atoms. The van der Waals surface area contributed by atoms with E-state index in [4.69, 9.17) is 16.7 Å². The number of aliphatic hydroxyl groups is 1. The predicted molar refractivity (Wildman–Crippen MR) is 67.6 cm³/mol. The maximum Gasteiger partial charge on any atom is 0.216 e. The first-order valence-electron chi connectivity index (χ1n) is 5.26. The first kappa shape index (κ1) is 13.6. The molecule has 0 bridgehead atoms. The molecule has 2 N–H and O–H groups in total. The van der Waals surface area contributed by atoms with Crippen molar-refractivity contribution < 1.29 is 9.90 Å². The number of amides is 1. The molecule has 1 aromatic rings. The number of aliphatic hydroxyl groups excluding tert-OH is 1. The van der Waals surface area contributed by atoms with E-state index in [-0.39, 0.29) is 12.5 Å². The monoisotopic (exact) mass is 251 g/mol. The van der Waals surface area contributed by atoms with Gasteiger partial charge in [0.2, 0.25) is 5.91 Å². The van der Waals surface area contributed by atoms with Crippen molar-refractivity contribution in [3.63, 3.8) is 0 Å². The minimum Gasteiger partial charge on any atom is -0.392 e. The Labute approximate surface area is 106 Å². The van der Waals surface area contributed by atoms with Gasteiger partial charge in [-0.05, 0) is 23.8 Å². The van der Waals surface area contributed by atoms with E-state index in [0.717, 1.165) is 5.56 Å². The van der Waals surface area contributed by atoms with Gasteiger partial charge in [-0.1, -0.05) is 23.4 Å². The van der Waals surface area contributed by atoms with Gasteiger partial charge >= 0.3 is 0 Å². The van der Waals surface area contributed by atoms with E-state index in [0.29, 0.717) is 23.6 Å². The number of carbonyl (C=O) groups excluding carboxylic acids is 1. The number of nitrogens with one attached hydrogen (secondary N) is 1. The van der Waals surface area contributed by atoms with E-state index >= 15 is 0 Å². The lowest BCUT2D eigenvalue weighted by molar-refractivity contribution is -0.118. The van der Waals surface area contributed by atoms with Gasteiger partial charge in [0, 0.05) is 30.5 Å². The molecule has 0 saturated carbocycles. The molecule has 90 valence electrons. The lowest BCUT2D eigenvalue weighted by Crippen LogP contribution is -2.20. The Bertz CT molecular complexity index is 460. The van der Waals surface area contributed by atoms with Crippen LogP contribution in [0.5, 0.6) is 0 Å². The van der Waals surface area contributed by atoms with Crippen molar-refractivity contribution in [3.8, 4) is 11.8 Å². The molecule has 3 nitrogen and oxygen atoms in total. The first-order valence-corrected chi connectivity index (χ1v) is 5.64. The molecular weight excluding hydrogens is 238 g/mol. The second kappa shape index (κ2) is 6.95. The number of halogens is 1. The maximum absolute atomic E-state index is 10.6. The van der Waals surface area contributed by atoms with Crippen LogP contribution >= 0.6 is 11.6 Å². The summed E-state index contributed by atoms with van der Waals surface area (Å²) in [5.74, 6) is 5.83. The second-order valence-corrected chi connectivity index (χ2v) is 3.91. The Balaban J connectivity index is 2.57. The lowest BCUT2D eigenvalue weighted by Gasteiger charge is -2.00. The smallest absolute Gasteiger partial charge is 0.216 e. The normalized spacial score (nSPS) is 9.35. The second-order valence-electron chi connectivity index (χ2n) is 3.50. The van der Waals surface area contributed by atoms with E-state index in [1.54, 1.807) is 18.2 Å². The van der Waals surface area contributed by atoms with E-state index in [1.165, 1.54) is 6.92 Å².